The highest BCUT2D eigenvalue weighted by atomic mass is 19.1. The van der Waals surface area contributed by atoms with Crippen molar-refractivity contribution in [2.24, 2.45) is 11.5 Å². The van der Waals surface area contributed by atoms with E-state index in [1.165, 1.54) is 12.1 Å². The number of hydrogen-bond donors (Lipinski definition) is 2. The van der Waals surface area contributed by atoms with Gasteiger partial charge in [0.25, 0.3) is 0 Å². The number of hydrogen-bond acceptors (Lipinski definition) is 4. The van der Waals surface area contributed by atoms with Crippen molar-refractivity contribution < 1.29 is 13.9 Å². The minimum absolute atomic E-state index is 0.285. The first-order chi connectivity index (χ1) is 9.10. The largest absolute Gasteiger partial charge is 0.378 e. The summed E-state index contributed by atoms with van der Waals surface area (Å²) in [6.07, 6.45) is 0. The number of carbonyl (C=O) groups excluding carboxylic acids is 1. The van der Waals surface area contributed by atoms with Crippen LogP contribution in [0.2, 0.25) is 0 Å². The quantitative estimate of drug-likeness (QED) is 0.802. The maximum Gasteiger partial charge on any atom is 0.237 e. The Morgan fingerprint density at radius 1 is 1.42 bits per heavy atom. The molecular weight excluding hydrogens is 249 g/mol. The van der Waals surface area contributed by atoms with Gasteiger partial charge in [-0.2, -0.15) is 0 Å². The molecule has 0 aromatic heterocycles. The van der Waals surface area contributed by atoms with Crippen LogP contribution in [-0.2, 0) is 22.6 Å². The SMILES string of the molecule is NCc1cc(F)cc(CN2CCOCC2C(N)=O)c1. The molecule has 1 aliphatic heterocycles. The third-order valence-corrected chi connectivity index (χ3v) is 3.21. The van der Waals surface area contributed by atoms with Crippen LogP contribution in [-0.4, -0.2) is 36.6 Å². The Balaban J connectivity index is 2.14. The Labute approximate surface area is 111 Å². The van der Waals surface area contributed by atoms with Gasteiger partial charge in [0.05, 0.1) is 13.2 Å². The summed E-state index contributed by atoms with van der Waals surface area (Å²) in [5.41, 5.74) is 12.4. The summed E-state index contributed by atoms with van der Waals surface area (Å²) in [6, 6.07) is 4.25. The molecule has 5 nitrogen and oxygen atoms in total. The van der Waals surface area contributed by atoms with Crippen LogP contribution in [0.4, 0.5) is 4.39 Å². The van der Waals surface area contributed by atoms with Gasteiger partial charge in [0.15, 0.2) is 0 Å². The Kier molecular flexibility index (Phi) is 4.47. The highest BCUT2D eigenvalue weighted by Gasteiger charge is 2.27. The summed E-state index contributed by atoms with van der Waals surface area (Å²) in [6.45, 7) is 2.17. The lowest BCUT2D eigenvalue weighted by Crippen LogP contribution is -2.51. The topological polar surface area (TPSA) is 81.6 Å². The first-order valence-corrected chi connectivity index (χ1v) is 6.19. The number of ether oxygens (including phenoxy) is 1. The molecule has 4 N–H and O–H groups in total. The zero-order valence-electron chi connectivity index (χ0n) is 10.6. The van der Waals surface area contributed by atoms with Gasteiger partial charge in [0.2, 0.25) is 5.91 Å². The van der Waals surface area contributed by atoms with E-state index in [9.17, 15) is 9.18 Å². The average molecular weight is 267 g/mol. The number of rotatable bonds is 4. The van der Waals surface area contributed by atoms with Crippen molar-refractivity contribution in [3.63, 3.8) is 0 Å². The highest BCUT2D eigenvalue weighted by molar-refractivity contribution is 5.80. The van der Waals surface area contributed by atoms with Gasteiger partial charge < -0.3 is 16.2 Å². The van der Waals surface area contributed by atoms with Gasteiger partial charge >= 0.3 is 0 Å². The van der Waals surface area contributed by atoms with Gasteiger partial charge in [0.1, 0.15) is 11.9 Å². The summed E-state index contributed by atoms with van der Waals surface area (Å²) in [4.78, 5) is 13.3. The van der Waals surface area contributed by atoms with Gasteiger partial charge in [-0.25, -0.2) is 4.39 Å². The summed E-state index contributed by atoms with van der Waals surface area (Å²) in [7, 11) is 0. The lowest BCUT2D eigenvalue weighted by molar-refractivity contribution is -0.129. The molecule has 0 aliphatic carbocycles. The summed E-state index contributed by atoms with van der Waals surface area (Å²) in [5.74, 6) is -0.739. The van der Waals surface area contributed by atoms with Gasteiger partial charge in [0, 0.05) is 19.6 Å². The van der Waals surface area contributed by atoms with Crippen LogP contribution < -0.4 is 11.5 Å². The zero-order valence-corrected chi connectivity index (χ0v) is 10.6. The minimum atomic E-state index is -0.460. The molecule has 0 bridgehead atoms. The Morgan fingerprint density at radius 2 is 2.16 bits per heavy atom. The third-order valence-electron chi connectivity index (χ3n) is 3.21. The molecule has 1 aromatic rings. The number of nitrogens with two attached hydrogens (primary N) is 2. The third kappa shape index (κ3) is 3.50. The molecule has 1 heterocycles. The molecule has 1 unspecified atom stereocenters. The number of carbonyl (C=O) groups is 1. The standard InChI is InChI=1S/C13H18FN3O2/c14-11-4-9(6-15)3-10(5-11)7-17-1-2-19-8-12(17)13(16)18/h3-5,12H,1-2,6-8,15H2,(H2,16,18). The van der Waals surface area contributed by atoms with Crippen LogP contribution in [0.1, 0.15) is 11.1 Å². The van der Waals surface area contributed by atoms with Crippen molar-refractivity contribution in [1.82, 2.24) is 4.90 Å². The number of halogens is 1. The number of nitrogens with zero attached hydrogens (tertiary/aromatic N) is 1. The van der Waals surface area contributed by atoms with Crippen molar-refractivity contribution in [3.8, 4) is 0 Å². The Hall–Kier alpha value is -1.50. The molecule has 1 saturated heterocycles. The maximum absolute atomic E-state index is 13.4. The summed E-state index contributed by atoms with van der Waals surface area (Å²) < 4.78 is 18.7. The number of primary amides is 1. The monoisotopic (exact) mass is 267 g/mol. The highest BCUT2D eigenvalue weighted by Crippen LogP contribution is 2.15. The Bertz CT molecular complexity index is 467. The van der Waals surface area contributed by atoms with Crippen LogP contribution in [0, 0.1) is 5.82 Å². The lowest BCUT2D eigenvalue weighted by Gasteiger charge is -2.33. The van der Waals surface area contributed by atoms with E-state index < -0.39 is 11.9 Å². The molecule has 1 fully saturated rings. The second-order valence-corrected chi connectivity index (χ2v) is 4.64. The number of amides is 1. The van der Waals surface area contributed by atoms with Gasteiger partial charge in [-0.15, -0.1) is 0 Å². The van der Waals surface area contributed by atoms with Crippen molar-refractivity contribution >= 4 is 5.91 Å². The van der Waals surface area contributed by atoms with Crippen molar-refractivity contribution in [3.05, 3.63) is 35.1 Å². The van der Waals surface area contributed by atoms with Crippen LogP contribution in [0.15, 0.2) is 18.2 Å². The fourth-order valence-electron chi connectivity index (χ4n) is 2.25. The number of benzene rings is 1. The molecule has 1 aliphatic rings. The van der Waals surface area contributed by atoms with E-state index in [0.717, 1.165) is 11.1 Å². The second-order valence-electron chi connectivity index (χ2n) is 4.64. The average Bonchev–Trinajstić information content (AvgIpc) is 2.38. The second kappa shape index (κ2) is 6.10. The molecule has 0 saturated carbocycles. The molecule has 0 radical (unpaired) electrons. The smallest absolute Gasteiger partial charge is 0.237 e. The van der Waals surface area contributed by atoms with Gasteiger partial charge in [-0.1, -0.05) is 6.07 Å². The molecule has 6 heteroatoms. The molecule has 2 rings (SSSR count). The maximum atomic E-state index is 13.4. The normalized spacial score (nSPS) is 20.4. The molecule has 0 spiro atoms. The molecule has 1 amide bonds. The van der Waals surface area contributed by atoms with E-state index in [1.54, 1.807) is 0 Å². The predicted octanol–water partition coefficient (Wildman–Crippen LogP) is -0.0295. The van der Waals surface area contributed by atoms with E-state index in [-0.39, 0.29) is 19.0 Å². The van der Waals surface area contributed by atoms with E-state index in [2.05, 4.69) is 0 Å². The molecule has 19 heavy (non-hydrogen) atoms. The molecule has 1 atom stereocenters. The van der Waals surface area contributed by atoms with Crippen LogP contribution >= 0.6 is 0 Å². The van der Waals surface area contributed by atoms with E-state index in [4.69, 9.17) is 16.2 Å². The van der Waals surface area contributed by atoms with Crippen LogP contribution in [0.3, 0.4) is 0 Å². The van der Waals surface area contributed by atoms with Crippen molar-refractivity contribution in [1.29, 1.82) is 0 Å². The molecule has 1 aromatic carbocycles. The van der Waals surface area contributed by atoms with Crippen molar-refractivity contribution in [2.75, 3.05) is 19.8 Å². The number of morpholine rings is 1. The van der Waals surface area contributed by atoms with E-state index in [0.29, 0.717) is 19.7 Å². The lowest BCUT2D eigenvalue weighted by atomic mass is 10.1. The van der Waals surface area contributed by atoms with Crippen molar-refractivity contribution in [2.45, 2.75) is 19.1 Å². The van der Waals surface area contributed by atoms with Crippen LogP contribution in [0.25, 0.3) is 0 Å². The molecular formula is C13H18FN3O2. The fourth-order valence-corrected chi connectivity index (χ4v) is 2.25. The van der Waals surface area contributed by atoms with Gasteiger partial charge in [-0.05, 0) is 23.3 Å². The zero-order chi connectivity index (χ0) is 13.8. The van der Waals surface area contributed by atoms with Gasteiger partial charge in [-0.3, -0.25) is 9.69 Å². The fraction of sp³-hybridized carbons (Fsp3) is 0.462. The predicted molar refractivity (Wildman–Crippen MR) is 68.5 cm³/mol. The van der Waals surface area contributed by atoms with E-state index in [1.807, 2.05) is 11.0 Å². The molecule has 104 valence electrons. The Morgan fingerprint density at radius 3 is 2.84 bits per heavy atom. The van der Waals surface area contributed by atoms with Crippen LogP contribution in [0.5, 0.6) is 0 Å². The first kappa shape index (κ1) is 13.9. The van der Waals surface area contributed by atoms with E-state index >= 15 is 0 Å². The minimum Gasteiger partial charge on any atom is -0.378 e. The first-order valence-electron chi connectivity index (χ1n) is 6.19. The summed E-state index contributed by atoms with van der Waals surface area (Å²) >= 11 is 0. The summed E-state index contributed by atoms with van der Waals surface area (Å²) in [5, 5.41) is 0.